The number of hydrogen-bond acceptors (Lipinski definition) is 4. The quantitative estimate of drug-likeness (QED) is 0.411. The molecule has 0 spiro atoms. The lowest BCUT2D eigenvalue weighted by atomic mass is 10.5. The van der Waals surface area contributed by atoms with E-state index in [9.17, 15) is 9.59 Å². The van der Waals surface area contributed by atoms with Crippen molar-refractivity contribution >= 4 is 11.9 Å². The van der Waals surface area contributed by atoms with E-state index < -0.39 is 18.1 Å². The second-order valence-corrected chi connectivity index (χ2v) is 1.86. The summed E-state index contributed by atoms with van der Waals surface area (Å²) in [7, 11) is 0. The van der Waals surface area contributed by atoms with Gasteiger partial charge in [-0.15, -0.1) is 0 Å². The normalized spacial score (nSPS) is 11.9. The Morgan fingerprint density at radius 3 is 2.55 bits per heavy atom. The molecule has 0 radical (unpaired) electrons. The summed E-state index contributed by atoms with van der Waals surface area (Å²) >= 11 is 0. The summed E-state index contributed by atoms with van der Waals surface area (Å²) < 4.78 is 4.40. The van der Waals surface area contributed by atoms with E-state index in [1.54, 1.807) is 6.92 Å². The van der Waals surface area contributed by atoms with Gasteiger partial charge in [-0.1, -0.05) is 0 Å². The van der Waals surface area contributed by atoms with E-state index in [1.165, 1.54) is 6.92 Å². The first-order valence-corrected chi connectivity index (χ1v) is 3.19. The van der Waals surface area contributed by atoms with Crippen molar-refractivity contribution in [3.05, 3.63) is 0 Å². The molecule has 1 atom stereocenters. The van der Waals surface area contributed by atoms with Crippen LogP contribution < -0.4 is 5.32 Å². The van der Waals surface area contributed by atoms with Crippen molar-refractivity contribution < 1.29 is 19.4 Å². The Balaban J connectivity index is 3.73. The van der Waals surface area contributed by atoms with E-state index >= 15 is 0 Å². The predicted molar refractivity (Wildman–Crippen MR) is 36.5 cm³/mol. The molecule has 0 aliphatic heterocycles. The summed E-state index contributed by atoms with van der Waals surface area (Å²) in [6.07, 6.45) is -1.55. The molecule has 1 unspecified atom stereocenters. The second kappa shape index (κ2) is 4.68. The zero-order valence-corrected chi connectivity index (χ0v) is 6.46. The van der Waals surface area contributed by atoms with E-state index in [0.717, 1.165) is 0 Å². The first-order valence-electron chi connectivity index (χ1n) is 3.19. The van der Waals surface area contributed by atoms with Gasteiger partial charge in [0, 0.05) is 6.92 Å². The van der Waals surface area contributed by atoms with E-state index in [-0.39, 0.29) is 6.61 Å². The maximum absolute atomic E-state index is 10.6. The van der Waals surface area contributed by atoms with Gasteiger partial charge in [0.05, 0.1) is 6.61 Å². The Bertz CT molecular complexity index is 157. The van der Waals surface area contributed by atoms with Gasteiger partial charge < -0.3 is 15.2 Å². The van der Waals surface area contributed by atoms with Gasteiger partial charge in [0.25, 0.3) is 0 Å². The van der Waals surface area contributed by atoms with Gasteiger partial charge in [0.2, 0.25) is 12.1 Å². The Morgan fingerprint density at radius 1 is 1.64 bits per heavy atom. The van der Waals surface area contributed by atoms with Crippen molar-refractivity contribution in [3.8, 4) is 0 Å². The van der Waals surface area contributed by atoms with Crippen LogP contribution in [0.3, 0.4) is 0 Å². The molecular weight excluding hydrogens is 150 g/mol. The molecule has 0 aromatic carbocycles. The van der Waals surface area contributed by atoms with Crippen LogP contribution in [-0.2, 0) is 14.3 Å². The minimum absolute atomic E-state index is 0.176. The summed E-state index contributed by atoms with van der Waals surface area (Å²) in [6, 6.07) is 0. The zero-order chi connectivity index (χ0) is 8.85. The topological polar surface area (TPSA) is 75.6 Å². The first-order chi connectivity index (χ1) is 5.07. The van der Waals surface area contributed by atoms with Gasteiger partial charge >= 0.3 is 5.97 Å². The summed E-state index contributed by atoms with van der Waals surface area (Å²) in [4.78, 5) is 20.9. The smallest absolute Gasteiger partial charge is 0.356 e. The predicted octanol–water partition coefficient (Wildman–Crippen LogP) is -0.996. The van der Waals surface area contributed by atoms with E-state index in [1.807, 2.05) is 5.32 Å². The minimum Gasteiger partial charge on any atom is -0.463 e. The molecule has 0 saturated carbocycles. The van der Waals surface area contributed by atoms with Gasteiger partial charge in [0.1, 0.15) is 0 Å². The second-order valence-electron chi connectivity index (χ2n) is 1.86. The van der Waals surface area contributed by atoms with Crippen molar-refractivity contribution in [2.75, 3.05) is 6.61 Å². The lowest BCUT2D eigenvalue weighted by Crippen LogP contribution is -2.40. The van der Waals surface area contributed by atoms with Crippen LogP contribution in [0.5, 0.6) is 0 Å². The molecule has 2 N–H and O–H groups in total. The van der Waals surface area contributed by atoms with Crippen molar-refractivity contribution in [2.24, 2.45) is 0 Å². The number of esters is 1. The molecule has 5 nitrogen and oxygen atoms in total. The van der Waals surface area contributed by atoms with Gasteiger partial charge in [-0.25, -0.2) is 4.79 Å². The van der Waals surface area contributed by atoms with Crippen molar-refractivity contribution in [1.82, 2.24) is 5.32 Å². The molecule has 0 aliphatic carbocycles. The zero-order valence-electron chi connectivity index (χ0n) is 6.46. The monoisotopic (exact) mass is 161 g/mol. The minimum atomic E-state index is -1.55. The molecule has 0 heterocycles. The fraction of sp³-hybridized carbons (Fsp3) is 0.667. The van der Waals surface area contributed by atoms with Crippen LogP contribution in [-0.4, -0.2) is 29.8 Å². The Kier molecular flexibility index (Phi) is 4.21. The fourth-order valence-electron chi connectivity index (χ4n) is 0.473. The largest absolute Gasteiger partial charge is 0.463 e. The SMILES string of the molecule is CCOC(=O)C(O)NC(C)=O. The molecule has 11 heavy (non-hydrogen) atoms. The highest BCUT2D eigenvalue weighted by molar-refractivity contribution is 5.81. The summed E-state index contributed by atoms with van der Waals surface area (Å²) in [5.41, 5.74) is 0. The molecule has 64 valence electrons. The molecule has 0 fully saturated rings. The number of aliphatic hydroxyl groups excluding tert-OH is 1. The molecule has 0 saturated heterocycles. The van der Waals surface area contributed by atoms with E-state index in [4.69, 9.17) is 5.11 Å². The third-order valence-corrected chi connectivity index (χ3v) is 0.850. The maximum atomic E-state index is 10.6. The van der Waals surface area contributed by atoms with Crippen LogP contribution in [0.15, 0.2) is 0 Å². The molecule has 5 heteroatoms. The molecule has 0 aromatic rings. The fourth-order valence-corrected chi connectivity index (χ4v) is 0.473. The Morgan fingerprint density at radius 2 is 2.18 bits per heavy atom. The highest BCUT2D eigenvalue weighted by atomic mass is 16.5. The maximum Gasteiger partial charge on any atom is 0.356 e. The summed E-state index contributed by atoms with van der Waals surface area (Å²) in [5.74, 6) is -1.33. The number of carbonyl (C=O) groups is 2. The molecular formula is C6H11NO4. The van der Waals surface area contributed by atoms with Crippen LogP contribution in [0.25, 0.3) is 0 Å². The average molecular weight is 161 g/mol. The van der Waals surface area contributed by atoms with Crippen LogP contribution in [0.4, 0.5) is 0 Å². The lowest BCUT2D eigenvalue weighted by molar-refractivity contribution is -0.156. The van der Waals surface area contributed by atoms with Gasteiger partial charge in [0.15, 0.2) is 0 Å². The Labute approximate surface area is 64.3 Å². The number of carbonyl (C=O) groups excluding carboxylic acids is 2. The molecule has 0 rings (SSSR count). The van der Waals surface area contributed by atoms with Crippen LogP contribution >= 0.6 is 0 Å². The lowest BCUT2D eigenvalue weighted by Gasteiger charge is -2.08. The summed E-state index contributed by atoms with van der Waals surface area (Å²) in [5, 5.41) is 10.8. The van der Waals surface area contributed by atoms with Gasteiger partial charge in [-0.05, 0) is 6.92 Å². The van der Waals surface area contributed by atoms with Gasteiger partial charge in [-0.3, -0.25) is 4.79 Å². The molecule has 0 aromatic heterocycles. The molecule has 1 amide bonds. The van der Waals surface area contributed by atoms with Crippen molar-refractivity contribution in [2.45, 2.75) is 20.1 Å². The van der Waals surface area contributed by atoms with Crippen LogP contribution in [0.2, 0.25) is 0 Å². The average Bonchev–Trinajstić information content (AvgIpc) is 1.86. The number of aliphatic hydroxyl groups is 1. The van der Waals surface area contributed by atoms with E-state index in [2.05, 4.69) is 4.74 Å². The molecule has 0 bridgehead atoms. The van der Waals surface area contributed by atoms with Crippen LogP contribution in [0, 0.1) is 0 Å². The number of nitrogens with one attached hydrogen (secondary N) is 1. The van der Waals surface area contributed by atoms with Crippen molar-refractivity contribution in [1.29, 1.82) is 0 Å². The number of amides is 1. The highest BCUT2D eigenvalue weighted by Crippen LogP contribution is 1.83. The molecule has 0 aliphatic rings. The van der Waals surface area contributed by atoms with E-state index in [0.29, 0.717) is 0 Å². The highest BCUT2D eigenvalue weighted by Gasteiger charge is 2.15. The number of rotatable bonds is 3. The van der Waals surface area contributed by atoms with Crippen molar-refractivity contribution in [3.63, 3.8) is 0 Å². The Hall–Kier alpha value is -1.10. The first kappa shape index (κ1) is 9.90. The van der Waals surface area contributed by atoms with Crippen LogP contribution in [0.1, 0.15) is 13.8 Å². The summed E-state index contributed by atoms with van der Waals surface area (Å²) in [6.45, 7) is 2.98. The third-order valence-electron chi connectivity index (χ3n) is 0.850. The number of hydrogen-bond donors (Lipinski definition) is 2. The standard InChI is InChI=1S/C6H11NO4/c1-3-11-6(10)5(9)7-4(2)8/h5,9H,3H2,1-2H3,(H,7,8). The van der Waals surface area contributed by atoms with Gasteiger partial charge in [-0.2, -0.15) is 0 Å². The number of ether oxygens (including phenoxy) is 1. The third kappa shape index (κ3) is 4.32.